The Morgan fingerprint density at radius 3 is 2.62 bits per heavy atom. The van der Waals surface area contributed by atoms with Gasteiger partial charge in [-0.25, -0.2) is 4.79 Å². The molecule has 6 nitrogen and oxygen atoms in total. The van der Waals surface area contributed by atoms with Crippen LogP contribution in [0.25, 0.3) is 0 Å². The predicted octanol–water partition coefficient (Wildman–Crippen LogP) is 1.87. The number of amides is 2. The molecule has 0 bridgehead atoms. The summed E-state index contributed by atoms with van der Waals surface area (Å²) >= 11 is 0. The topological polar surface area (TPSA) is 68.2 Å². The standard InChI is InChI=1S/C15H26N4O2/c1-10-11(9-17-19(10)6)8-16-13(20)18-12-7-14(2,3)21-15(12,4)5/h9,12H,7-8H2,1-6H3,(H2,16,18,20)/t12-/m1/s1. The zero-order chi connectivity index (χ0) is 15.8. The van der Waals surface area contributed by atoms with E-state index in [0.29, 0.717) is 6.54 Å². The summed E-state index contributed by atoms with van der Waals surface area (Å²) in [6.07, 6.45) is 2.58. The first kappa shape index (κ1) is 15.8. The molecule has 1 aliphatic rings. The number of carbonyl (C=O) groups is 1. The second-order valence-corrected chi connectivity index (χ2v) is 6.93. The smallest absolute Gasteiger partial charge is 0.315 e. The van der Waals surface area contributed by atoms with Gasteiger partial charge in [-0.15, -0.1) is 0 Å². The monoisotopic (exact) mass is 294 g/mol. The van der Waals surface area contributed by atoms with E-state index in [0.717, 1.165) is 17.7 Å². The molecule has 2 N–H and O–H groups in total. The van der Waals surface area contributed by atoms with E-state index in [-0.39, 0.29) is 23.3 Å². The van der Waals surface area contributed by atoms with Crippen molar-refractivity contribution in [1.82, 2.24) is 20.4 Å². The molecule has 2 heterocycles. The minimum Gasteiger partial charge on any atom is -0.367 e. The van der Waals surface area contributed by atoms with Gasteiger partial charge in [0.15, 0.2) is 0 Å². The maximum absolute atomic E-state index is 12.1. The van der Waals surface area contributed by atoms with Crippen molar-refractivity contribution in [2.75, 3.05) is 0 Å². The normalized spacial score (nSPS) is 23.0. The number of rotatable bonds is 3. The van der Waals surface area contributed by atoms with E-state index >= 15 is 0 Å². The van der Waals surface area contributed by atoms with Gasteiger partial charge in [0.05, 0.1) is 23.4 Å². The van der Waals surface area contributed by atoms with Crippen molar-refractivity contribution in [3.05, 3.63) is 17.5 Å². The third-order valence-corrected chi connectivity index (χ3v) is 4.16. The first-order chi connectivity index (χ1) is 9.61. The van der Waals surface area contributed by atoms with E-state index in [4.69, 9.17) is 4.74 Å². The van der Waals surface area contributed by atoms with Gasteiger partial charge in [0.1, 0.15) is 0 Å². The fourth-order valence-corrected chi connectivity index (χ4v) is 2.89. The highest BCUT2D eigenvalue weighted by atomic mass is 16.5. The molecule has 0 radical (unpaired) electrons. The van der Waals surface area contributed by atoms with Crippen LogP contribution in [0.4, 0.5) is 4.79 Å². The lowest BCUT2D eigenvalue weighted by molar-refractivity contribution is -0.0690. The number of aromatic nitrogens is 2. The molecule has 118 valence electrons. The molecule has 2 amide bonds. The van der Waals surface area contributed by atoms with Gasteiger partial charge in [-0.1, -0.05) is 0 Å². The first-order valence-electron chi connectivity index (χ1n) is 7.33. The Labute approximate surface area is 126 Å². The summed E-state index contributed by atoms with van der Waals surface area (Å²) in [6.45, 7) is 10.6. The van der Waals surface area contributed by atoms with Gasteiger partial charge in [0.25, 0.3) is 0 Å². The van der Waals surface area contributed by atoms with Crippen LogP contribution in [0.2, 0.25) is 0 Å². The van der Waals surface area contributed by atoms with Crippen LogP contribution in [0.3, 0.4) is 0 Å². The number of nitrogens with one attached hydrogen (secondary N) is 2. The number of nitrogens with zero attached hydrogens (tertiary/aromatic N) is 2. The maximum Gasteiger partial charge on any atom is 0.315 e. The van der Waals surface area contributed by atoms with Crippen LogP contribution in [0.5, 0.6) is 0 Å². The summed E-state index contributed by atoms with van der Waals surface area (Å²) in [6, 6.07) is -0.167. The van der Waals surface area contributed by atoms with Gasteiger partial charge in [-0.05, 0) is 41.0 Å². The Hall–Kier alpha value is -1.56. The lowest BCUT2D eigenvalue weighted by Gasteiger charge is -2.27. The molecule has 1 aromatic heterocycles. The highest BCUT2D eigenvalue weighted by Gasteiger charge is 2.46. The Bertz CT molecular complexity index is 534. The SMILES string of the molecule is Cc1c(CNC(=O)N[C@@H]2CC(C)(C)OC2(C)C)cnn1C. The highest BCUT2D eigenvalue weighted by Crippen LogP contribution is 2.37. The minimum atomic E-state index is -0.356. The van der Waals surface area contributed by atoms with Crippen molar-refractivity contribution < 1.29 is 9.53 Å². The third-order valence-electron chi connectivity index (χ3n) is 4.16. The van der Waals surface area contributed by atoms with E-state index in [1.807, 2.05) is 41.7 Å². The predicted molar refractivity (Wildman–Crippen MR) is 81.0 cm³/mol. The summed E-state index contributed by atoms with van der Waals surface area (Å²) in [5.74, 6) is 0. The first-order valence-corrected chi connectivity index (χ1v) is 7.33. The quantitative estimate of drug-likeness (QED) is 0.894. The number of hydrogen-bond acceptors (Lipinski definition) is 3. The number of carbonyl (C=O) groups excluding carboxylic acids is 1. The van der Waals surface area contributed by atoms with Gasteiger partial charge in [-0.2, -0.15) is 5.10 Å². The molecule has 0 saturated carbocycles. The molecule has 1 aliphatic heterocycles. The molecule has 2 rings (SSSR count). The van der Waals surface area contributed by atoms with Crippen LogP contribution in [-0.2, 0) is 18.3 Å². The average Bonchev–Trinajstić information content (AvgIpc) is 2.75. The maximum atomic E-state index is 12.1. The van der Waals surface area contributed by atoms with E-state index in [1.165, 1.54) is 0 Å². The highest BCUT2D eigenvalue weighted by molar-refractivity contribution is 5.74. The second kappa shape index (κ2) is 5.33. The lowest BCUT2D eigenvalue weighted by Crippen LogP contribution is -2.49. The van der Waals surface area contributed by atoms with Crippen molar-refractivity contribution in [3.8, 4) is 0 Å². The number of ether oxygens (including phenoxy) is 1. The average molecular weight is 294 g/mol. The molecule has 6 heteroatoms. The molecule has 0 spiro atoms. The van der Waals surface area contributed by atoms with Crippen LogP contribution >= 0.6 is 0 Å². The number of urea groups is 1. The Morgan fingerprint density at radius 1 is 1.48 bits per heavy atom. The van der Waals surface area contributed by atoms with Crippen molar-refractivity contribution in [3.63, 3.8) is 0 Å². The summed E-state index contributed by atoms with van der Waals surface area (Å²) < 4.78 is 7.78. The van der Waals surface area contributed by atoms with Crippen LogP contribution < -0.4 is 10.6 Å². The van der Waals surface area contributed by atoms with Crippen LogP contribution in [0.15, 0.2) is 6.20 Å². The third kappa shape index (κ3) is 3.56. The number of hydrogen-bond donors (Lipinski definition) is 2. The molecule has 1 atom stereocenters. The fourth-order valence-electron chi connectivity index (χ4n) is 2.89. The van der Waals surface area contributed by atoms with E-state index in [2.05, 4.69) is 15.7 Å². The van der Waals surface area contributed by atoms with E-state index in [1.54, 1.807) is 10.9 Å². The molecule has 21 heavy (non-hydrogen) atoms. The molecule has 1 aromatic rings. The van der Waals surface area contributed by atoms with Gasteiger partial charge >= 0.3 is 6.03 Å². The van der Waals surface area contributed by atoms with Gasteiger partial charge < -0.3 is 15.4 Å². The summed E-state index contributed by atoms with van der Waals surface area (Å²) in [7, 11) is 1.89. The van der Waals surface area contributed by atoms with Crippen molar-refractivity contribution in [1.29, 1.82) is 0 Å². The Balaban J connectivity index is 1.89. The second-order valence-electron chi connectivity index (χ2n) is 6.93. The largest absolute Gasteiger partial charge is 0.367 e. The minimum absolute atomic E-state index is 0.00231. The van der Waals surface area contributed by atoms with Crippen molar-refractivity contribution >= 4 is 6.03 Å². The van der Waals surface area contributed by atoms with E-state index < -0.39 is 0 Å². The molecule has 0 unspecified atom stereocenters. The van der Waals surface area contributed by atoms with Crippen molar-refractivity contribution in [2.24, 2.45) is 7.05 Å². The van der Waals surface area contributed by atoms with Gasteiger partial charge in [0, 0.05) is 24.8 Å². The molecule has 0 aromatic carbocycles. The Kier molecular flexibility index (Phi) is 4.02. The molecule has 0 aliphatic carbocycles. The zero-order valence-electron chi connectivity index (χ0n) is 13.8. The Morgan fingerprint density at radius 2 is 2.14 bits per heavy atom. The zero-order valence-corrected chi connectivity index (χ0v) is 13.8. The van der Waals surface area contributed by atoms with Crippen LogP contribution in [-0.4, -0.2) is 33.1 Å². The molecular weight excluding hydrogens is 268 g/mol. The van der Waals surface area contributed by atoms with Gasteiger partial charge in [0.2, 0.25) is 0 Å². The summed E-state index contributed by atoms with van der Waals surface area (Å²) in [4.78, 5) is 12.1. The van der Waals surface area contributed by atoms with Crippen LogP contribution in [0.1, 0.15) is 45.4 Å². The number of aryl methyl sites for hydroxylation is 1. The van der Waals surface area contributed by atoms with E-state index in [9.17, 15) is 4.79 Å². The van der Waals surface area contributed by atoms with Crippen molar-refractivity contribution in [2.45, 2.75) is 64.8 Å². The fraction of sp³-hybridized carbons (Fsp3) is 0.733. The summed E-state index contributed by atoms with van der Waals surface area (Å²) in [5.41, 5.74) is 1.52. The lowest BCUT2D eigenvalue weighted by atomic mass is 9.95. The molecule has 1 saturated heterocycles. The summed E-state index contributed by atoms with van der Waals surface area (Å²) in [5, 5.41) is 10.1. The molecule has 1 fully saturated rings. The molecular formula is C15H26N4O2. The van der Waals surface area contributed by atoms with Gasteiger partial charge in [-0.3, -0.25) is 4.68 Å². The van der Waals surface area contributed by atoms with Crippen LogP contribution in [0, 0.1) is 6.92 Å².